The van der Waals surface area contributed by atoms with Crippen LogP contribution in [-0.4, -0.2) is 5.11 Å². The van der Waals surface area contributed by atoms with E-state index in [1.165, 1.54) is 18.2 Å². The lowest BCUT2D eigenvalue weighted by molar-refractivity contribution is 0.0167. The Morgan fingerprint density at radius 3 is 2.00 bits per heavy atom. The first-order chi connectivity index (χ1) is 6.21. The number of halogens is 2. The Bertz CT molecular complexity index is 292. The maximum absolute atomic E-state index is 12.9. The molecule has 1 nitrogen and oxygen atoms in total. The van der Waals surface area contributed by atoms with Gasteiger partial charge in [0.05, 0.1) is 5.60 Å². The van der Waals surface area contributed by atoms with Gasteiger partial charge in [-0.25, -0.2) is 8.78 Å². The average molecular weight is 200 g/mol. The molecule has 1 aromatic carbocycles. The van der Waals surface area contributed by atoms with Crippen LogP contribution in [0.4, 0.5) is 8.78 Å². The van der Waals surface area contributed by atoms with Gasteiger partial charge in [0.2, 0.25) is 0 Å². The Morgan fingerprint density at radius 1 is 1.07 bits per heavy atom. The van der Waals surface area contributed by atoms with Crippen LogP contribution in [0.3, 0.4) is 0 Å². The van der Waals surface area contributed by atoms with E-state index in [4.69, 9.17) is 0 Å². The Labute approximate surface area is 82.4 Å². The summed E-state index contributed by atoms with van der Waals surface area (Å²) < 4.78 is 25.9. The van der Waals surface area contributed by atoms with Crippen molar-refractivity contribution in [2.45, 2.75) is 32.3 Å². The van der Waals surface area contributed by atoms with Crippen molar-refractivity contribution in [1.29, 1.82) is 0 Å². The molecule has 1 N–H and O–H groups in total. The first kappa shape index (κ1) is 11.1. The van der Waals surface area contributed by atoms with E-state index in [0.29, 0.717) is 5.56 Å². The fourth-order valence-electron chi connectivity index (χ4n) is 1.17. The van der Waals surface area contributed by atoms with Gasteiger partial charge in [0.15, 0.2) is 0 Å². The summed E-state index contributed by atoms with van der Waals surface area (Å²) >= 11 is 0. The molecule has 0 aliphatic carbocycles. The molecule has 0 saturated heterocycles. The van der Waals surface area contributed by atoms with Gasteiger partial charge < -0.3 is 5.11 Å². The van der Waals surface area contributed by atoms with Gasteiger partial charge in [-0.15, -0.1) is 0 Å². The molecular formula is C11H14F2O. The maximum atomic E-state index is 12.9. The van der Waals surface area contributed by atoms with E-state index in [1.54, 1.807) is 19.9 Å². The van der Waals surface area contributed by atoms with Gasteiger partial charge in [0.1, 0.15) is 0 Å². The number of hydrogen-bond donors (Lipinski definition) is 1. The minimum Gasteiger partial charge on any atom is -0.386 e. The molecule has 0 unspecified atom stereocenters. The Hall–Kier alpha value is -0.960. The molecule has 0 atom stereocenters. The van der Waals surface area contributed by atoms with Crippen LogP contribution in [0.5, 0.6) is 0 Å². The van der Waals surface area contributed by atoms with E-state index >= 15 is 0 Å². The molecule has 78 valence electrons. The highest BCUT2D eigenvalue weighted by Gasteiger charge is 2.26. The third-order valence-corrected chi connectivity index (χ3v) is 2.08. The molecule has 0 fully saturated rings. The Morgan fingerprint density at radius 2 is 1.57 bits per heavy atom. The summed E-state index contributed by atoms with van der Waals surface area (Å²) in [5.74, 6) is -2.86. The Balaban J connectivity index is 3.15. The number of rotatable bonds is 2. The zero-order chi connectivity index (χ0) is 11.0. The molecule has 0 radical (unpaired) electrons. The minimum absolute atomic E-state index is 0.0721. The lowest BCUT2D eigenvalue weighted by Gasteiger charge is -2.20. The zero-order valence-electron chi connectivity index (χ0n) is 8.51. The van der Waals surface area contributed by atoms with Crippen molar-refractivity contribution in [1.82, 2.24) is 0 Å². The molecule has 1 rings (SSSR count). The molecular weight excluding hydrogens is 186 g/mol. The van der Waals surface area contributed by atoms with Gasteiger partial charge in [-0.05, 0) is 25.5 Å². The fourth-order valence-corrected chi connectivity index (χ4v) is 1.17. The van der Waals surface area contributed by atoms with Gasteiger partial charge in [-0.2, -0.15) is 0 Å². The van der Waals surface area contributed by atoms with Gasteiger partial charge in [-0.1, -0.05) is 18.2 Å². The van der Waals surface area contributed by atoms with Crippen molar-refractivity contribution in [3.05, 3.63) is 35.4 Å². The van der Waals surface area contributed by atoms with E-state index in [0.717, 1.165) is 6.92 Å². The highest BCUT2D eigenvalue weighted by Crippen LogP contribution is 2.30. The van der Waals surface area contributed by atoms with E-state index < -0.39 is 11.5 Å². The summed E-state index contributed by atoms with van der Waals surface area (Å²) in [7, 11) is 0. The molecule has 3 heteroatoms. The van der Waals surface area contributed by atoms with Crippen LogP contribution in [0, 0.1) is 0 Å². The lowest BCUT2D eigenvalue weighted by Crippen LogP contribution is -2.17. The molecule has 0 aliphatic rings. The largest absolute Gasteiger partial charge is 0.386 e. The molecule has 0 saturated carbocycles. The van der Waals surface area contributed by atoms with Crippen LogP contribution in [-0.2, 0) is 11.5 Å². The predicted octanol–water partition coefficient (Wildman–Crippen LogP) is 3.03. The second-order valence-electron chi connectivity index (χ2n) is 4.03. The molecule has 0 aromatic heterocycles. The first-order valence-corrected chi connectivity index (χ1v) is 4.42. The first-order valence-electron chi connectivity index (χ1n) is 4.42. The highest BCUT2D eigenvalue weighted by atomic mass is 19.3. The molecule has 0 amide bonds. The smallest absolute Gasteiger partial charge is 0.270 e. The topological polar surface area (TPSA) is 20.2 Å². The standard InChI is InChI=1S/C11H14F2O/c1-10(2,14)8-5-4-6-9(7-8)11(3,12)13/h4-7,14H,1-3H3. The third kappa shape index (κ3) is 2.51. The third-order valence-electron chi connectivity index (χ3n) is 2.08. The predicted molar refractivity (Wildman–Crippen MR) is 51.3 cm³/mol. The molecule has 0 aliphatic heterocycles. The summed E-state index contributed by atoms with van der Waals surface area (Å²) in [6.45, 7) is 3.98. The Kier molecular flexibility index (Phi) is 2.63. The highest BCUT2D eigenvalue weighted by molar-refractivity contribution is 5.29. The molecule has 14 heavy (non-hydrogen) atoms. The van der Waals surface area contributed by atoms with Crippen LogP contribution in [0.15, 0.2) is 24.3 Å². The van der Waals surface area contributed by atoms with Crippen molar-refractivity contribution in [2.24, 2.45) is 0 Å². The number of alkyl halides is 2. The van der Waals surface area contributed by atoms with Crippen LogP contribution in [0.25, 0.3) is 0 Å². The molecule has 1 aromatic rings. The van der Waals surface area contributed by atoms with E-state index in [-0.39, 0.29) is 5.56 Å². The maximum Gasteiger partial charge on any atom is 0.270 e. The van der Waals surface area contributed by atoms with Crippen molar-refractivity contribution in [3.63, 3.8) is 0 Å². The second kappa shape index (κ2) is 3.31. The summed E-state index contributed by atoms with van der Waals surface area (Å²) in [5.41, 5.74) is -0.657. The quantitative estimate of drug-likeness (QED) is 0.778. The number of hydrogen-bond acceptors (Lipinski definition) is 1. The van der Waals surface area contributed by atoms with Crippen LogP contribution >= 0.6 is 0 Å². The SMILES string of the molecule is CC(C)(O)c1cccc(C(C)(F)F)c1. The van der Waals surface area contributed by atoms with E-state index in [9.17, 15) is 13.9 Å². The number of benzene rings is 1. The van der Waals surface area contributed by atoms with Gasteiger partial charge >= 0.3 is 0 Å². The minimum atomic E-state index is -2.86. The van der Waals surface area contributed by atoms with Crippen molar-refractivity contribution >= 4 is 0 Å². The van der Waals surface area contributed by atoms with Crippen LogP contribution in [0.2, 0.25) is 0 Å². The molecule has 0 bridgehead atoms. The number of aliphatic hydroxyl groups is 1. The zero-order valence-corrected chi connectivity index (χ0v) is 8.51. The van der Waals surface area contributed by atoms with Gasteiger partial charge in [0.25, 0.3) is 5.92 Å². The van der Waals surface area contributed by atoms with Crippen molar-refractivity contribution in [3.8, 4) is 0 Å². The summed E-state index contributed by atoms with van der Waals surface area (Å²) in [5, 5.41) is 9.63. The normalized spacial score (nSPS) is 13.0. The van der Waals surface area contributed by atoms with Crippen molar-refractivity contribution < 1.29 is 13.9 Å². The lowest BCUT2D eigenvalue weighted by atomic mass is 9.95. The molecule has 0 spiro atoms. The van der Waals surface area contributed by atoms with Crippen LogP contribution in [0.1, 0.15) is 31.9 Å². The van der Waals surface area contributed by atoms with Gasteiger partial charge in [0, 0.05) is 12.5 Å². The molecule has 0 heterocycles. The van der Waals surface area contributed by atoms with Gasteiger partial charge in [-0.3, -0.25) is 0 Å². The summed E-state index contributed by atoms with van der Waals surface area (Å²) in [6, 6.07) is 5.85. The second-order valence-corrected chi connectivity index (χ2v) is 4.03. The van der Waals surface area contributed by atoms with Crippen molar-refractivity contribution in [2.75, 3.05) is 0 Å². The van der Waals surface area contributed by atoms with E-state index in [1.807, 2.05) is 0 Å². The monoisotopic (exact) mass is 200 g/mol. The average Bonchev–Trinajstić information content (AvgIpc) is 2.01. The summed E-state index contributed by atoms with van der Waals surface area (Å²) in [4.78, 5) is 0. The fraction of sp³-hybridized carbons (Fsp3) is 0.455. The summed E-state index contributed by atoms with van der Waals surface area (Å²) in [6.07, 6.45) is 0. The van der Waals surface area contributed by atoms with Crippen LogP contribution < -0.4 is 0 Å². The van der Waals surface area contributed by atoms with E-state index in [2.05, 4.69) is 0 Å².